The molecule has 106 valence electrons. The van der Waals surface area contributed by atoms with Gasteiger partial charge < -0.3 is 15.5 Å². The number of anilines is 1. The van der Waals surface area contributed by atoms with Crippen LogP contribution < -0.4 is 5.32 Å². The van der Waals surface area contributed by atoms with Crippen molar-refractivity contribution < 1.29 is 14.6 Å². The molecule has 0 radical (unpaired) electrons. The van der Waals surface area contributed by atoms with Gasteiger partial charge in [0.25, 0.3) is 0 Å². The van der Waals surface area contributed by atoms with Crippen molar-refractivity contribution in [1.82, 2.24) is 0 Å². The molecule has 3 nitrogen and oxygen atoms in total. The lowest BCUT2D eigenvalue weighted by atomic mass is 10.1. The molecular weight excluding hydrogens is 304 g/mol. The Morgan fingerprint density at radius 3 is 2.25 bits per heavy atom. The molecule has 1 atom stereocenters. The molecule has 3 N–H and O–H groups in total. The van der Waals surface area contributed by atoms with E-state index in [4.69, 9.17) is 23.2 Å². The van der Waals surface area contributed by atoms with Crippen LogP contribution in [0.25, 0.3) is 0 Å². The SMILES string of the molecule is CC(Nc1c(Cl)cc(F)cc1Cl)c1ccc(O)cc1O. The summed E-state index contributed by atoms with van der Waals surface area (Å²) in [5, 5.41) is 22.4. The van der Waals surface area contributed by atoms with Crippen LogP contribution in [0, 0.1) is 5.82 Å². The summed E-state index contributed by atoms with van der Waals surface area (Å²) in [5.74, 6) is -0.610. The first-order valence-electron chi connectivity index (χ1n) is 5.81. The fourth-order valence-electron chi connectivity index (χ4n) is 1.87. The molecule has 0 fully saturated rings. The third kappa shape index (κ3) is 3.08. The van der Waals surface area contributed by atoms with Crippen LogP contribution in [-0.2, 0) is 0 Å². The minimum Gasteiger partial charge on any atom is -0.508 e. The van der Waals surface area contributed by atoms with Gasteiger partial charge in [-0.3, -0.25) is 0 Å². The van der Waals surface area contributed by atoms with Crippen LogP contribution in [0.1, 0.15) is 18.5 Å². The van der Waals surface area contributed by atoms with Crippen molar-refractivity contribution >= 4 is 28.9 Å². The maximum atomic E-state index is 13.1. The number of hydrogen-bond acceptors (Lipinski definition) is 3. The first-order chi connectivity index (χ1) is 9.38. The lowest BCUT2D eigenvalue weighted by molar-refractivity contribution is 0.444. The first kappa shape index (κ1) is 14.8. The van der Waals surface area contributed by atoms with Gasteiger partial charge in [0.1, 0.15) is 17.3 Å². The number of aromatic hydroxyl groups is 2. The molecule has 0 spiro atoms. The molecule has 2 rings (SSSR count). The first-order valence-corrected chi connectivity index (χ1v) is 6.57. The van der Waals surface area contributed by atoms with Crippen molar-refractivity contribution in [3.63, 3.8) is 0 Å². The smallest absolute Gasteiger partial charge is 0.126 e. The van der Waals surface area contributed by atoms with Crippen LogP contribution in [0.5, 0.6) is 11.5 Å². The molecule has 0 saturated carbocycles. The topological polar surface area (TPSA) is 52.5 Å². The standard InChI is InChI=1S/C14H12Cl2FNO2/c1-7(10-3-2-9(19)6-13(10)20)18-14-11(15)4-8(17)5-12(14)16/h2-7,18-20H,1H3. The maximum absolute atomic E-state index is 13.1. The normalized spacial score (nSPS) is 12.2. The van der Waals surface area contributed by atoms with Crippen LogP contribution in [0.3, 0.4) is 0 Å². The third-order valence-electron chi connectivity index (χ3n) is 2.85. The molecule has 0 heterocycles. The second-order valence-corrected chi connectivity index (χ2v) is 5.17. The van der Waals surface area contributed by atoms with Crippen LogP contribution in [0.2, 0.25) is 10.0 Å². The van der Waals surface area contributed by atoms with Crippen molar-refractivity contribution in [2.45, 2.75) is 13.0 Å². The van der Waals surface area contributed by atoms with E-state index >= 15 is 0 Å². The number of halogens is 3. The number of nitrogens with one attached hydrogen (secondary N) is 1. The fraction of sp³-hybridized carbons (Fsp3) is 0.143. The molecule has 1 unspecified atom stereocenters. The molecule has 2 aromatic rings. The molecule has 0 aliphatic heterocycles. The lowest BCUT2D eigenvalue weighted by Crippen LogP contribution is -2.08. The van der Waals surface area contributed by atoms with Gasteiger partial charge in [-0.15, -0.1) is 0 Å². The van der Waals surface area contributed by atoms with E-state index in [9.17, 15) is 14.6 Å². The highest BCUT2D eigenvalue weighted by molar-refractivity contribution is 6.39. The monoisotopic (exact) mass is 315 g/mol. The van der Waals surface area contributed by atoms with Gasteiger partial charge in [0.2, 0.25) is 0 Å². The lowest BCUT2D eigenvalue weighted by Gasteiger charge is -2.19. The van der Waals surface area contributed by atoms with E-state index < -0.39 is 5.82 Å². The molecular formula is C14H12Cl2FNO2. The largest absolute Gasteiger partial charge is 0.508 e. The Kier molecular flexibility index (Phi) is 4.26. The summed E-state index contributed by atoms with van der Waals surface area (Å²) in [4.78, 5) is 0. The summed E-state index contributed by atoms with van der Waals surface area (Å²) in [5.41, 5.74) is 0.939. The number of phenols is 2. The van der Waals surface area contributed by atoms with Crippen molar-refractivity contribution in [3.8, 4) is 11.5 Å². The summed E-state index contributed by atoms with van der Waals surface area (Å²) >= 11 is 11.9. The van der Waals surface area contributed by atoms with Crippen molar-refractivity contribution in [2.24, 2.45) is 0 Å². The third-order valence-corrected chi connectivity index (χ3v) is 3.44. The highest BCUT2D eigenvalue weighted by Crippen LogP contribution is 2.36. The van der Waals surface area contributed by atoms with E-state index in [0.29, 0.717) is 11.3 Å². The van der Waals surface area contributed by atoms with Gasteiger partial charge in [0.15, 0.2) is 0 Å². The maximum Gasteiger partial charge on any atom is 0.126 e. The summed E-state index contributed by atoms with van der Waals surface area (Å²) in [6.07, 6.45) is 0. The Bertz CT molecular complexity index is 626. The van der Waals surface area contributed by atoms with Crippen LogP contribution >= 0.6 is 23.2 Å². The Balaban J connectivity index is 2.30. The van der Waals surface area contributed by atoms with E-state index in [1.165, 1.54) is 12.1 Å². The summed E-state index contributed by atoms with van der Waals surface area (Å²) in [7, 11) is 0. The summed E-state index contributed by atoms with van der Waals surface area (Å²) in [6.45, 7) is 1.78. The zero-order valence-electron chi connectivity index (χ0n) is 10.5. The van der Waals surface area contributed by atoms with E-state index in [1.807, 2.05) is 0 Å². The Morgan fingerprint density at radius 1 is 1.10 bits per heavy atom. The highest BCUT2D eigenvalue weighted by atomic mass is 35.5. The van der Waals surface area contributed by atoms with Crippen molar-refractivity contribution in [1.29, 1.82) is 0 Å². The molecule has 20 heavy (non-hydrogen) atoms. The molecule has 0 aliphatic carbocycles. The van der Waals surface area contributed by atoms with Gasteiger partial charge in [-0.1, -0.05) is 23.2 Å². The predicted molar refractivity (Wildman–Crippen MR) is 78.2 cm³/mol. The van der Waals surface area contributed by atoms with Gasteiger partial charge in [-0.25, -0.2) is 4.39 Å². The van der Waals surface area contributed by atoms with Gasteiger partial charge in [0, 0.05) is 11.6 Å². The number of benzene rings is 2. The minimum atomic E-state index is -0.523. The number of phenolic OH excluding ortho intramolecular Hbond substituents is 2. The Labute approximate surface area is 125 Å². The molecule has 0 amide bonds. The van der Waals surface area contributed by atoms with Crippen LogP contribution in [0.15, 0.2) is 30.3 Å². The van der Waals surface area contributed by atoms with E-state index in [-0.39, 0.29) is 27.6 Å². The molecule has 2 aromatic carbocycles. The van der Waals surface area contributed by atoms with Gasteiger partial charge in [-0.2, -0.15) is 0 Å². The Morgan fingerprint density at radius 2 is 1.70 bits per heavy atom. The van der Waals surface area contributed by atoms with Crippen molar-refractivity contribution in [3.05, 3.63) is 51.8 Å². The second-order valence-electron chi connectivity index (χ2n) is 4.35. The average molecular weight is 316 g/mol. The van der Waals surface area contributed by atoms with E-state index in [1.54, 1.807) is 13.0 Å². The average Bonchev–Trinajstić information content (AvgIpc) is 2.33. The molecule has 0 aromatic heterocycles. The quantitative estimate of drug-likeness (QED) is 0.768. The zero-order valence-corrected chi connectivity index (χ0v) is 12.0. The zero-order chi connectivity index (χ0) is 14.9. The highest BCUT2D eigenvalue weighted by Gasteiger charge is 2.15. The number of hydrogen-bond donors (Lipinski definition) is 3. The minimum absolute atomic E-state index is 0.0312. The molecule has 6 heteroatoms. The number of rotatable bonds is 3. The van der Waals surface area contributed by atoms with Gasteiger partial charge in [-0.05, 0) is 31.2 Å². The predicted octanol–water partition coefficient (Wildman–Crippen LogP) is 4.72. The molecule has 0 bridgehead atoms. The van der Waals surface area contributed by atoms with Crippen LogP contribution in [-0.4, -0.2) is 10.2 Å². The van der Waals surface area contributed by atoms with E-state index in [0.717, 1.165) is 12.1 Å². The fourth-order valence-corrected chi connectivity index (χ4v) is 2.44. The van der Waals surface area contributed by atoms with Gasteiger partial charge >= 0.3 is 0 Å². The summed E-state index contributed by atoms with van der Waals surface area (Å²) in [6, 6.07) is 6.24. The second kappa shape index (κ2) is 5.77. The van der Waals surface area contributed by atoms with Crippen molar-refractivity contribution in [2.75, 3.05) is 5.32 Å². The molecule has 0 saturated heterocycles. The van der Waals surface area contributed by atoms with Crippen LogP contribution in [0.4, 0.5) is 10.1 Å². The summed E-state index contributed by atoms with van der Waals surface area (Å²) < 4.78 is 13.1. The Hall–Kier alpha value is -1.65. The van der Waals surface area contributed by atoms with E-state index in [2.05, 4.69) is 5.32 Å². The molecule has 0 aliphatic rings. The van der Waals surface area contributed by atoms with Gasteiger partial charge in [0.05, 0.1) is 21.8 Å².